The molecule has 1 aromatic rings. The van der Waals surface area contributed by atoms with Crippen LogP contribution in [0.1, 0.15) is 18.1 Å². The van der Waals surface area contributed by atoms with Crippen LogP contribution in [0.15, 0.2) is 36.3 Å². The number of nitrogens with zero attached hydrogens (tertiary/aromatic N) is 1. The van der Waals surface area contributed by atoms with Crippen molar-refractivity contribution >= 4 is 8.07 Å². The van der Waals surface area contributed by atoms with E-state index in [0.29, 0.717) is 6.42 Å². The topological polar surface area (TPSA) is 33.1 Å². The molecule has 0 aliphatic carbocycles. The molecule has 1 aromatic heterocycles. The van der Waals surface area contributed by atoms with Crippen LogP contribution >= 0.6 is 0 Å². The zero-order valence-electron chi connectivity index (χ0n) is 9.70. The lowest BCUT2D eigenvalue weighted by Gasteiger charge is -2.22. The molecule has 3 heteroatoms. The molecule has 0 amide bonds. The molecule has 1 rings (SSSR count). The Hall–Kier alpha value is -0.933. The number of hydrogen-bond acceptors (Lipinski definition) is 2. The molecule has 1 N–H and O–H groups in total. The normalized spacial score (nSPS) is 13.6. The van der Waals surface area contributed by atoms with Gasteiger partial charge in [-0.3, -0.25) is 4.98 Å². The van der Waals surface area contributed by atoms with Crippen LogP contribution in [-0.2, 0) is 0 Å². The van der Waals surface area contributed by atoms with Crippen LogP contribution in [0.25, 0.3) is 0 Å². The van der Waals surface area contributed by atoms with Gasteiger partial charge in [0.05, 0.1) is 14.2 Å². The Morgan fingerprint density at radius 1 is 1.40 bits per heavy atom. The third kappa shape index (κ3) is 3.61. The van der Waals surface area contributed by atoms with Crippen LogP contribution in [0.5, 0.6) is 0 Å². The van der Waals surface area contributed by atoms with E-state index in [1.54, 1.807) is 12.4 Å². The minimum Gasteiger partial charge on any atom is -0.388 e. The standard InChI is InChI=1S/C12H19NOSi/c1-10(15(2,3)4)9-12(14)11-5-7-13-8-6-11/h5-8,12,14H,1,9H2,2-4H3. The molecule has 2 nitrogen and oxygen atoms in total. The minimum absolute atomic E-state index is 0.438. The fourth-order valence-electron chi connectivity index (χ4n) is 1.24. The van der Waals surface area contributed by atoms with Crippen molar-refractivity contribution in [3.05, 3.63) is 41.9 Å². The molecular weight excluding hydrogens is 202 g/mol. The molecule has 82 valence electrons. The van der Waals surface area contributed by atoms with Crippen LogP contribution in [0, 0.1) is 0 Å². The Morgan fingerprint density at radius 2 is 1.93 bits per heavy atom. The van der Waals surface area contributed by atoms with Crippen molar-refractivity contribution in [1.29, 1.82) is 0 Å². The van der Waals surface area contributed by atoms with Crippen LogP contribution in [0.2, 0.25) is 19.6 Å². The van der Waals surface area contributed by atoms with Gasteiger partial charge < -0.3 is 5.11 Å². The summed E-state index contributed by atoms with van der Waals surface area (Å²) in [7, 11) is -1.33. The van der Waals surface area contributed by atoms with Gasteiger partial charge in [0.15, 0.2) is 0 Å². The maximum atomic E-state index is 9.99. The molecule has 15 heavy (non-hydrogen) atoms. The highest BCUT2D eigenvalue weighted by Crippen LogP contribution is 2.25. The Morgan fingerprint density at radius 3 is 2.40 bits per heavy atom. The summed E-state index contributed by atoms with van der Waals surface area (Å²) in [6.45, 7) is 10.8. The molecule has 0 radical (unpaired) electrons. The van der Waals surface area contributed by atoms with Crippen LogP contribution in [0.3, 0.4) is 0 Å². The molecule has 0 aromatic carbocycles. The molecule has 0 bridgehead atoms. The van der Waals surface area contributed by atoms with Gasteiger partial charge in [0.25, 0.3) is 0 Å². The van der Waals surface area contributed by atoms with Gasteiger partial charge in [0.2, 0.25) is 0 Å². The van der Waals surface area contributed by atoms with Gasteiger partial charge in [-0.25, -0.2) is 0 Å². The predicted octanol–water partition coefficient (Wildman–Crippen LogP) is 2.94. The highest BCUT2D eigenvalue weighted by atomic mass is 28.3. The number of aliphatic hydroxyl groups excluding tert-OH is 1. The maximum Gasteiger partial charge on any atom is 0.0824 e. The quantitative estimate of drug-likeness (QED) is 0.793. The number of aromatic nitrogens is 1. The zero-order chi connectivity index (χ0) is 11.5. The van der Waals surface area contributed by atoms with E-state index >= 15 is 0 Å². The SMILES string of the molecule is C=C(CC(O)c1ccncc1)[Si](C)(C)C. The molecule has 0 saturated carbocycles. The lowest BCUT2D eigenvalue weighted by molar-refractivity contribution is 0.180. The van der Waals surface area contributed by atoms with E-state index in [9.17, 15) is 5.11 Å². The third-order valence-electron chi connectivity index (χ3n) is 2.59. The van der Waals surface area contributed by atoms with E-state index in [1.165, 1.54) is 5.20 Å². The van der Waals surface area contributed by atoms with Crippen molar-refractivity contribution in [3.63, 3.8) is 0 Å². The van der Waals surface area contributed by atoms with Gasteiger partial charge in [-0.2, -0.15) is 0 Å². The molecule has 1 heterocycles. The van der Waals surface area contributed by atoms with Crippen molar-refractivity contribution < 1.29 is 5.11 Å². The Kier molecular flexibility index (Phi) is 3.82. The van der Waals surface area contributed by atoms with Gasteiger partial charge in [0.1, 0.15) is 0 Å². The zero-order valence-corrected chi connectivity index (χ0v) is 10.7. The molecule has 0 aliphatic heterocycles. The summed E-state index contributed by atoms with van der Waals surface area (Å²) >= 11 is 0. The van der Waals surface area contributed by atoms with Crippen molar-refractivity contribution in [2.75, 3.05) is 0 Å². The summed E-state index contributed by atoms with van der Waals surface area (Å²) < 4.78 is 0. The van der Waals surface area contributed by atoms with E-state index in [1.807, 2.05) is 12.1 Å². The first-order valence-electron chi connectivity index (χ1n) is 5.17. The molecule has 0 spiro atoms. The van der Waals surface area contributed by atoms with E-state index < -0.39 is 14.2 Å². The third-order valence-corrected chi connectivity index (χ3v) is 4.92. The molecule has 0 aliphatic rings. The van der Waals surface area contributed by atoms with E-state index in [-0.39, 0.29) is 0 Å². The van der Waals surface area contributed by atoms with Gasteiger partial charge in [-0.1, -0.05) is 24.8 Å². The second-order valence-electron chi connectivity index (χ2n) is 4.85. The van der Waals surface area contributed by atoms with Gasteiger partial charge >= 0.3 is 0 Å². The maximum absolute atomic E-state index is 9.99. The predicted molar refractivity (Wildman–Crippen MR) is 66.3 cm³/mol. The molecule has 1 atom stereocenters. The fraction of sp³-hybridized carbons (Fsp3) is 0.417. The van der Waals surface area contributed by atoms with Crippen molar-refractivity contribution in [1.82, 2.24) is 4.98 Å². The fourth-order valence-corrected chi connectivity index (χ4v) is 2.05. The van der Waals surface area contributed by atoms with Crippen molar-refractivity contribution in [3.8, 4) is 0 Å². The Bertz CT molecular complexity index is 329. The first-order valence-corrected chi connectivity index (χ1v) is 8.67. The lowest BCUT2D eigenvalue weighted by Crippen LogP contribution is -2.24. The van der Waals surface area contributed by atoms with Gasteiger partial charge in [-0.05, 0) is 24.1 Å². The van der Waals surface area contributed by atoms with E-state index in [4.69, 9.17) is 0 Å². The molecule has 0 saturated heterocycles. The second-order valence-corrected chi connectivity index (χ2v) is 10.1. The highest BCUT2D eigenvalue weighted by Gasteiger charge is 2.20. The van der Waals surface area contributed by atoms with Crippen molar-refractivity contribution in [2.45, 2.75) is 32.2 Å². The Labute approximate surface area is 92.7 Å². The summed E-state index contributed by atoms with van der Waals surface area (Å²) in [5, 5.41) is 11.2. The average Bonchev–Trinajstić information content (AvgIpc) is 2.17. The van der Waals surface area contributed by atoms with E-state index in [2.05, 4.69) is 31.2 Å². The second kappa shape index (κ2) is 4.73. The minimum atomic E-state index is -1.33. The molecule has 0 fully saturated rings. The molecule has 1 unspecified atom stereocenters. The summed E-state index contributed by atoms with van der Waals surface area (Å²) in [5.74, 6) is 0. The van der Waals surface area contributed by atoms with E-state index in [0.717, 1.165) is 5.56 Å². The number of pyridine rings is 1. The highest BCUT2D eigenvalue weighted by molar-refractivity contribution is 6.82. The lowest BCUT2D eigenvalue weighted by atomic mass is 10.1. The number of rotatable bonds is 4. The molecular formula is C12H19NOSi. The summed E-state index contributed by atoms with van der Waals surface area (Å²) in [6, 6.07) is 3.70. The van der Waals surface area contributed by atoms with Crippen LogP contribution in [0.4, 0.5) is 0 Å². The Balaban J connectivity index is 2.65. The number of hydrogen-bond donors (Lipinski definition) is 1. The largest absolute Gasteiger partial charge is 0.388 e. The van der Waals surface area contributed by atoms with Gasteiger partial charge in [0, 0.05) is 12.4 Å². The monoisotopic (exact) mass is 221 g/mol. The smallest absolute Gasteiger partial charge is 0.0824 e. The van der Waals surface area contributed by atoms with Crippen molar-refractivity contribution in [2.24, 2.45) is 0 Å². The summed E-state index contributed by atoms with van der Waals surface area (Å²) in [4.78, 5) is 3.93. The average molecular weight is 221 g/mol. The van der Waals surface area contributed by atoms with Crippen LogP contribution < -0.4 is 0 Å². The first-order chi connectivity index (χ1) is 6.91. The summed E-state index contributed by atoms with van der Waals surface area (Å²) in [6.07, 6.45) is 3.64. The van der Waals surface area contributed by atoms with Crippen LogP contribution in [-0.4, -0.2) is 18.2 Å². The summed E-state index contributed by atoms with van der Waals surface area (Å²) in [5.41, 5.74) is 0.921. The number of aliphatic hydroxyl groups is 1. The first kappa shape index (κ1) is 12.1. The van der Waals surface area contributed by atoms with Gasteiger partial charge in [-0.15, -0.1) is 6.58 Å².